The van der Waals surface area contributed by atoms with Gasteiger partial charge in [0.25, 0.3) is 0 Å². The fourth-order valence-electron chi connectivity index (χ4n) is 0.764. The average molecular weight is 186 g/mol. The van der Waals surface area contributed by atoms with Crippen LogP contribution >= 0.6 is 23.2 Å². The first kappa shape index (κ1) is 8.39. The van der Waals surface area contributed by atoms with Gasteiger partial charge in [-0.3, -0.25) is 0 Å². The van der Waals surface area contributed by atoms with Gasteiger partial charge >= 0.3 is 0 Å². The van der Waals surface area contributed by atoms with Crippen molar-refractivity contribution in [2.75, 3.05) is 0 Å². The average Bonchev–Trinajstić information content (AvgIpc) is 1.98. The maximum Gasteiger partial charge on any atom is 0.0670 e. The van der Waals surface area contributed by atoms with Crippen molar-refractivity contribution in [1.29, 1.82) is 5.26 Å². The summed E-state index contributed by atoms with van der Waals surface area (Å²) in [6, 6.07) is 7.10. The molecule has 0 saturated heterocycles. The maximum absolute atomic E-state index is 8.38. The highest BCUT2D eigenvalue weighted by molar-refractivity contribution is 6.33. The van der Waals surface area contributed by atoms with E-state index in [2.05, 4.69) is 0 Å². The summed E-state index contributed by atoms with van der Waals surface area (Å²) in [7, 11) is 0. The smallest absolute Gasteiger partial charge is 0.0670 e. The quantitative estimate of drug-likeness (QED) is 0.661. The van der Waals surface area contributed by atoms with Gasteiger partial charge in [-0.15, -0.1) is 0 Å². The van der Waals surface area contributed by atoms with Gasteiger partial charge in [0, 0.05) is 10.0 Å². The molecule has 11 heavy (non-hydrogen) atoms. The molecule has 0 saturated carbocycles. The molecule has 0 heterocycles. The van der Waals surface area contributed by atoms with E-state index in [1.165, 1.54) is 0 Å². The SMILES string of the molecule is N#CCc1cc(Cl)ccc1Cl. The minimum atomic E-state index is 0.305. The zero-order valence-electron chi connectivity index (χ0n) is 5.64. The second kappa shape index (κ2) is 3.61. The monoisotopic (exact) mass is 185 g/mol. The van der Waals surface area contributed by atoms with Crippen molar-refractivity contribution in [3.63, 3.8) is 0 Å². The van der Waals surface area contributed by atoms with E-state index in [0.717, 1.165) is 5.56 Å². The molecular weight excluding hydrogens is 181 g/mol. The van der Waals surface area contributed by atoms with Gasteiger partial charge in [-0.25, -0.2) is 0 Å². The molecule has 0 N–H and O–H groups in total. The molecule has 0 aliphatic carbocycles. The van der Waals surface area contributed by atoms with E-state index < -0.39 is 0 Å². The second-order valence-electron chi connectivity index (χ2n) is 2.07. The molecule has 1 aromatic rings. The summed E-state index contributed by atoms with van der Waals surface area (Å²) in [5.41, 5.74) is 0.779. The lowest BCUT2D eigenvalue weighted by Gasteiger charge is -1.97. The molecular formula is C8H5Cl2N. The normalized spacial score (nSPS) is 9.18. The molecule has 0 amide bonds. The van der Waals surface area contributed by atoms with E-state index in [-0.39, 0.29) is 0 Å². The summed E-state index contributed by atoms with van der Waals surface area (Å²) < 4.78 is 0. The van der Waals surface area contributed by atoms with E-state index in [4.69, 9.17) is 28.5 Å². The molecule has 1 nitrogen and oxygen atoms in total. The first-order valence-corrected chi connectivity index (χ1v) is 3.80. The van der Waals surface area contributed by atoms with Crippen LogP contribution in [0.3, 0.4) is 0 Å². The lowest BCUT2D eigenvalue weighted by Crippen LogP contribution is -1.82. The summed E-state index contributed by atoms with van der Waals surface area (Å²) in [4.78, 5) is 0. The van der Waals surface area contributed by atoms with Gasteiger partial charge in [0.05, 0.1) is 12.5 Å². The maximum atomic E-state index is 8.38. The Kier molecular flexibility index (Phi) is 2.76. The van der Waals surface area contributed by atoms with E-state index in [1.54, 1.807) is 18.2 Å². The highest BCUT2D eigenvalue weighted by atomic mass is 35.5. The van der Waals surface area contributed by atoms with Gasteiger partial charge in [-0.05, 0) is 23.8 Å². The lowest BCUT2D eigenvalue weighted by atomic mass is 10.2. The van der Waals surface area contributed by atoms with Gasteiger partial charge in [-0.1, -0.05) is 23.2 Å². The highest BCUT2D eigenvalue weighted by Crippen LogP contribution is 2.20. The Morgan fingerprint density at radius 1 is 1.36 bits per heavy atom. The van der Waals surface area contributed by atoms with Crippen molar-refractivity contribution in [3.8, 4) is 6.07 Å². The van der Waals surface area contributed by atoms with E-state index in [1.807, 2.05) is 6.07 Å². The summed E-state index contributed by atoms with van der Waals surface area (Å²) in [5, 5.41) is 9.59. The lowest BCUT2D eigenvalue weighted by molar-refractivity contribution is 1.26. The first-order chi connectivity index (χ1) is 5.24. The predicted octanol–water partition coefficient (Wildman–Crippen LogP) is 3.06. The van der Waals surface area contributed by atoms with Gasteiger partial charge < -0.3 is 0 Å². The molecule has 0 aliphatic rings. The Balaban J connectivity index is 3.05. The summed E-state index contributed by atoms with van der Waals surface area (Å²) in [6.07, 6.45) is 0.305. The van der Waals surface area contributed by atoms with Crippen LogP contribution in [0.15, 0.2) is 18.2 Å². The van der Waals surface area contributed by atoms with E-state index in [0.29, 0.717) is 16.5 Å². The molecule has 1 rings (SSSR count). The number of rotatable bonds is 1. The summed E-state index contributed by atoms with van der Waals surface area (Å²) in [6.45, 7) is 0. The first-order valence-electron chi connectivity index (χ1n) is 3.05. The third kappa shape index (κ3) is 2.11. The van der Waals surface area contributed by atoms with Crippen molar-refractivity contribution in [2.24, 2.45) is 0 Å². The summed E-state index contributed by atoms with van der Waals surface area (Å²) in [5.74, 6) is 0. The van der Waals surface area contributed by atoms with Gasteiger partial charge in [-0.2, -0.15) is 5.26 Å². The molecule has 0 unspecified atom stereocenters. The topological polar surface area (TPSA) is 23.8 Å². The molecule has 0 fully saturated rings. The van der Waals surface area contributed by atoms with Crippen LogP contribution < -0.4 is 0 Å². The van der Waals surface area contributed by atoms with Crippen LogP contribution in [0.1, 0.15) is 5.56 Å². The number of hydrogen-bond acceptors (Lipinski definition) is 1. The molecule has 0 atom stereocenters. The summed E-state index contributed by atoms with van der Waals surface area (Å²) >= 11 is 11.4. The highest BCUT2D eigenvalue weighted by Gasteiger charge is 1.99. The molecule has 0 aliphatic heterocycles. The molecule has 0 radical (unpaired) electrons. The van der Waals surface area contributed by atoms with Gasteiger partial charge in [0.15, 0.2) is 0 Å². The molecule has 1 aromatic carbocycles. The van der Waals surface area contributed by atoms with Crippen LogP contribution in [0, 0.1) is 11.3 Å². The molecule has 0 aromatic heterocycles. The van der Waals surface area contributed by atoms with Crippen molar-refractivity contribution < 1.29 is 0 Å². The van der Waals surface area contributed by atoms with Crippen LogP contribution in [-0.4, -0.2) is 0 Å². The third-order valence-corrected chi connectivity index (χ3v) is 1.88. The minimum Gasteiger partial charge on any atom is -0.198 e. The van der Waals surface area contributed by atoms with Crippen molar-refractivity contribution in [2.45, 2.75) is 6.42 Å². The zero-order chi connectivity index (χ0) is 8.27. The van der Waals surface area contributed by atoms with Crippen LogP contribution in [0.5, 0.6) is 0 Å². The van der Waals surface area contributed by atoms with Gasteiger partial charge in [0.2, 0.25) is 0 Å². The molecule has 56 valence electrons. The second-order valence-corrected chi connectivity index (χ2v) is 2.91. The van der Waals surface area contributed by atoms with Crippen LogP contribution in [-0.2, 0) is 6.42 Å². The molecule has 0 bridgehead atoms. The Hall–Kier alpha value is -0.710. The van der Waals surface area contributed by atoms with Crippen molar-refractivity contribution in [1.82, 2.24) is 0 Å². The van der Waals surface area contributed by atoms with Crippen molar-refractivity contribution in [3.05, 3.63) is 33.8 Å². The van der Waals surface area contributed by atoms with Crippen LogP contribution in [0.2, 0.25) is 10.0 Å². The number of benzene rings is 1. The minimum absolute atomic E-state index is 0.305. The van der Waals surface area contributed by atoms with Crippen LogP contribution in [0.4, 0.5) is 0 Å². The number of halogens is 2. The van der Waals surface area contributed by atoms with Gasteiger partial charge in [0.1, 0.15) is 0 Å². The van der Waals surface area contributed by atoms with Crippen LogP contribution in [0.25, 0.3) is 0 Å². The zero-order valence-corrected chi connectivity index (χ0v) is 7.15. The third-order valence-electron chi connectivity index (χ3n) is 1.28. The number of nitriles is 1. The number of nitrogens with zero attached hydrogens (tertiary/aromatic N) is 1. The Bertz CT molecular complexity index is 301. The standard InChI is InChI=1S/C8H5Cl2N/c9-7-1-2-8(10)6(5-7)3-4-11/h1-2,5H,3H2. The Labute approximate surface area is 75.2 Å². The predicted molar refractivity (Wildman–Crippen MR) is 45.8 cm³/mol. The van der Waals surface area contributed by atoms with E-state index in [9.17, 15) is 0 Å². The fraction of sp³-hybridized carbons (Fsp3) is 0.125. The Morgan fingerprint density at radius 3 is 2.73 bits per heavy atom. The molecule has 3 heteroatoms. The fourth-order valence-corrected chi connectivity index (χ4v) is 1.14. The Morgan fingerprint density at radius 2 is 2.09 bits per heavy atom. The number of hydrogen-bond donors (Lipinski definition) is 0. The van der Waals surface area contributed by atoms with Crippen molar-refractivity contribution >= 4 is 23.2 Å². The largest absolute Gasteiger partial charge is 0.198 e. The van der Waals surface area contributed by atoms with E-state index >= 15 is 0 Å². The molecule has 0 spiro atoms.